The van der Waals surface area contributed by atoms with Crippen LogP contribution in [-0.4, -0.2) is 21.0 Å². The van der Waals surface area contributed by atoms with Crippen LogP contribution in [0.3, 0.4) is 0 Å². The van der Waals surface area contributed by atoms with Crippen molar-refractivity contribution in [2.24, 2.45) is 0 Å². The third kappa shape index (κ3) is 3.92. The molecule has 0 spiro atoms. The lowest BCUT2D eigenvalue weighted by Gasteiger charge is -2.21. The third-order valence-electron chi connectivity index (χ3n) is 3.34. The van der Waals surface area contributed by atoms with Gasteiger partial charge in [0, 0.05) is 13.1 Å². The van der Waals surface area contributed by atoms with E-state index in [1.54, 1.807) is 4.90 Å². The van der Waals surface area contributed by atoms with E-state index in [1.807, 2.05) is 60.7 Å². The highest BCUT2D eigenvalue weighted by Gasteiger charge is 2.20. The molecule has 0 bridgehead atoms. The van der Waals surface area contributed by atoms with E-state index in [1.165, 1.54) is 0 Å². The lowest BCUT2D eigenvalue weighted by atomic mass is 10.1. The quantitative estimate of drug-likeness (QED) is 0.783. The molecule has 23 heavy (non-hydrogen) atoms. The van der Waals surface area contributed by atoms with Gasteiger partial charge in [0.2, 0.25) is 10.1 Å². The van der Waals surface area contributed by atoms with E-state index < -0.39 is 0 Å². The summed E-state index contributed by atoms with van der Waals surface area (Å²) in [5, 5.41) is 8.22. The van der Waals surface area contributed by atoms with Gasteiger partial charge in [0.25, 0.3) is 5.91 Å². The fourth-order valence-electron chi connectivity index (χ4n) is 2.26. The van der Waals surface area contributed by atoms with Gasteiger partial charge in [-0.1, -0.05) is 72.0 Å². The van der Waals surface area contributed by atoms with Gasteiger partial charge >= 0.3 is 0 Å². The fourth-order valence-corrected chi connectivity index (χ4v) is 2.84. The Morgan fingerprint density at radius 2 is 1.43 bits per heavy atom. The summed E-state index contributed by atoms with van der Waals surface area (Å²) in [6, 6.07) is 19.8. The number of aromatic nitrogens is 2. The van der Waals surface area contributed by atoms with Crippen LogP contribution < -0.4 is 5.73 Å². The van der Waals surface area contributed by atoms with Gasteiger partial charge in [-0.2, -0.15) is 0 Å². The Kier molecular flexibility index (Phi) is 4.63. The molecule has 116 valence electrons. The summed E-state index contributed by atoms with van der Waals surface area (Å²) >= 11 is 1.11. The standard InChI is InChI=1S/C17H16N4OS/c18-17-20-19-15(23-17)16(22)21(11-13-7-3-1-4-8-13)12-14-9-5-2-6-10-14/h1-10H,11-12H2,(H2,18,20). The molecule has 0 fully saturated rings. The maximum atomic E-state index is 12.7. The first kappa shape index (κ1) is 15.2. The fraction of sp³-hybridized carbons (Fsp3) is 0.118. The highest BCUT2D eigenvalue weighted by molar-refractivity contribution is 7.16. The molecule has 2 N–H and O–H groups in total. The van der Waals surface area contributed by atoms with E-state index in [9.17, 15) is 4.79 Å². The average Bonchev–Trinajstić information content (AvgIpc) is 3.02. The van der Waals surface area contributed by atoms with Gasteiger partial charge in [0.1, 0.15) is 0 Å². The second-order valence-corrected chi connectivity index (χ2v) is 6.09. The summed E-state index contributed by atoms with van der Waals surface area (Å²) < 4.78 is 0. The summed E-state index contributed by atoms with van der Waals surface area (Å²) in [6.07, 6.45) is 0. The first-order valence-corrected chi connectivity index (χ1v) is 8.00. The molecule has 3 rings (SSSR count). The summed E-state index contributed by atoms with van der Waals surface area (Å²) in [7, 11) is 0. The number of amides is 1. The van der Waals surface area contributed by atoms with Gasteiger partial charge in [-0.25, -0.2) is 0 Å². The zero-order valence-electron chi connectivity index (χ0n) is 12.4. The number of carbonyl (C=O) groups excluding carboxylic acids is 1. The van der Waals surface area contributed by atoms with Gasteiger partial charge in [0.05, 0.1) is 0 Å². The van der Waals surface area contributed by atoms with Crippen molar-refractivity contribution >= 4 is 22.4 Å². The summed E-state index contributed by atoms with van der Waals surface area (Å²) in [4.78, 5) is 14.5. The number of benzene rings is 2. The average molecular weight is 324 g/mol. The van der Waals surface area contributed by atoms with Crippen LogP contribution in [0.15, 0.2) is 60.7 Å². The predicted octanol–water partition coefficient (Wildman–Crippen LogP) is 2.96. The minimum atomic E-state index is -0.160. The van der Waals surface area contributed by atoms with Gasteiger partial charge in [0.15, 0.2) is 0 Å². The largest absolute Gasteiger partial charge is 0.374 e. The van der Waals surface area contributed by atoms with Crippen molar-refractivity contribution in [2.75, 3.05) is 5.73 Å². The van der Waals surface area contributed by atoms with E-state index >= 15 is 0 Å². The van der Waals surface area contributed by atoms with Crippen molar-refractivity contribution in [1.29, 1.82) is 0 Å². The van der Waals surface area contributed by atoms with E-state index in [0.717, 1.165) is 22.5 Å². The van der Waals surface area contributed by atoms with Crippen LogP contribution in [0.5, 0.6) is 0 Å². The van der Waals surface area contributed by atoms with Crippen molar-refractivity contribution in [3.05, 3.63) is 76.8 Å². The van der Waals surface area contributed by atoms with Crippen LogP contribution in [0.2, 0.25) is 0 Å². The topological polar surface area (TPSA) is 72.1 Å². The van der Waals surface area contributed by atoms with Gasteiger partial charge in [-0.3, -0.25) is 4.79 Å². The predicted molar refractivity (Wildman–Crippen MR) is 90.8 cm³/mol. The van der Waals surface area contributed by atoms with Crippen LogP contribution in [0.4, 0.5) is 5.13 Å². The summed E-state index contributed by atoms with van der Waals surface area (Å²) in [5.41, 5.74) is 7.72. The Balaban J connectivity index is 1.84. The monoisotopic (exact) mass is 324 g/mol. The molecule has 0 aliphatic rings. The molecule has 5 nitrogen and oxygen atoms in total. The number of hydrogen-bond acceptors (Lipinski definition) is 5. The van der Waals surface area contributed by atoms with Crippen LogP contribution in [-0.2, 0) is 13.1 Å². The van der Waals surface area contributed by atoms with Crippen LogP contribution in [0.25, 0.3) is 0 Å². The van der Waals surface area contributed by atoms with Crippen molar-refractivity contribution in [3.8, 4) is 0 Å². The van der Waals surface area contributed by atoms with Crippen LogP contribution in [0, 0.1) is 0 Å². The zero-order chi connectivity index (χ0) is 16.1. The minimum Gasteiger partial charge on any atom is -0.374 e. The number of anilines is 1. The van der Waals surface area contributed by atoms with E-state index in [4.69, 9.17) is 5.73 Å². The van der Waals surface area contributed by atoms with E-state index in [2.05, 4.69) is 10.2 Å². The van der Waals surface area contributed by atoms with E-state index in [-0.39, 0.29) is 5.91 Å². The maximum Gasteiger partial charge on any atom is 0.285 e. The Morgan fingerprint density at radius 3 is 1.87 bits per heavy atom. The van der Waals surface area contributed by atoms with Crippen LogP contribution in [0.1, 0.15) is 20.9 Å². The maximum absolute atomic E-state index is 12.7. The molecule has 0 aliphatic heterocycles. The second-order valence-electron chi connectivity index (χ2n) is 5.08. The molecule has 1 amide bonds. The van der Waals surface area contributed by atoms with Crippen molar-refractivity contribution < 1.29 is 4.79 Å². The third-order valence-corrected chi connectivity index (χ3v) is 4.08. The zero-order valence-corrected chi connectivity index (χ0v) is 13.2. The van der Waals surface area contributed by atoms with Gasteiger partial charge in [-0.05, 0) is 11.1 Å². The number of hydrogen-bond donors (Lipinski definition) is 1. The number of rotatable bonds is 5. The first-order chi connectivity index (χ1) is 11.2. The Labute approximate surface area is 138 Å². The summed E-state index contributed by atoms with van der Waals surface area (Å²) in [5.74, 6) is -0.160. The Bertz CT molecular complexity index is 732. The SMILES string of the molecule is Nc1nnc(C(=O)N(Cc2ccccc2)Cc2ccccc2)s1. The Hall–Kier alpha value is -2.73. The lowest BCUT2D eigenvalue weighted by molar-refractivity contribution is 0.0729. The van der Waals surface area contributed by atoms with Crippen molar-refractivity contribution in [1.82, 2.24) is 15.1 Å². The Morgan fingerprint density at radius 1 is 0.913 bits per heavy atom. The highest BCUT2D eigenvalue weighted by atomic mass is 32.1. The molecule has 0 aliphatic carbocycles. The molecule has 6 heteroatoms. The molecule has 0 atom stereocenters. The normalized spacial score (nSPS) is 10.4. The van der Waals surface area contributed by atoms with Crippen molar-refractivity contribution in [3.63, 3.8) is 0 Å². The number of nitrogen functional groups attached to an aromatic ring is 1. The molecule has 2 aromatic carbocycles. The minimum absolute atomic E-state index is 0.160. The molecule has 3 aromatic rings. The van der Waals surface area contributed by atoms with E-state index in [0.29, 0.717) is 23.2 Å². The lowest BCUT2D eigenvalue weighted by Crippen LogP contribution is -2.30. The molecular formula is C17H16N4OS. The number of carbonyl (C=O) groups is 1. The molecular weight excluding hydrogens is 308 g/mol. The smallest absolute Gasteiger partial charge is 0.285 e. The molecule has 0 saturated heterocycles. The molecule has 0 radical (unpaired) electrons. The summed E-state index contributed by atoms with van der Waals surface area (Å²) in [6.45, 7) is 1.02. The molecule has 1 aromatic heterocycles. The van der Waals surface area contributed by atoms with Gasteiger partial charge < -0.3 is 10.6 Å². The number of nitrogens with two attached hydrogens (primary N) is 1. The second kappa shape index (κ2) is 7.02. The first-order valence-electron chi connectivity index (χ1n) is 7.18. The molecule has 0 saturated carbocycles. The number of nitrogens with zero attached hydrogens (tertiary/aromatic N) is 3. The molecule has 1 heterocycles. The van der Waals surface area contributed by atoms with Crippen molar-refractivity contribution in [2.45, 2.75) is 13.1 Å². The van der Waals surface area contributed by atoms with Gasteiger partial charge in [-0.15, -0.1) is 10.2 Å². The van der Waals surface area contributed by atoms with Crippen LogP contribution >= 0.6 is 11.3 Å². The molecule has 0 unspecified atom stereocenters. The highest BCUT2D eigenvalue weighted by Crippen LogP contribution is 2.17.